The van der Waals surface area contributed by atoms with E-state index in [0.717, 1.165) is 12.3 Å². The normalized spacial score (nSPS) is 33.3. The van der Waals surface area contributed by atoms with Crippen LogP contribution in [0, 0.1) is 11.2 Å². The van der Waals surface area contributed by atoms with Crippen molar-refractivity contribution in [3.63, 3.8) is 0 Å². The second kappa shape index (κ2) is 5.67. The Balaban J connectivity index is 1.71. The second-order valence-electron chi connectivity index (χ2n) is 7.53. The molecule has 3 atom stereocenters. The van der Waals surface area contributed by atoms with Gasteiger partial charge in [-0.05, 0) is 18.8 Å². The van der Waals surface area contributed by atoms with Gasteiger partial charge in [0.15, 0.2) is 0 Å². The van der Waals surface area contributed by atoms with Gasteiger partial charge in [0.1, 0.15) is 17.6 Å². The van der Waals surface area contributed by atoms with Crippen LogP contribution in [0.25, 0.3) is 10.9 Å². The van der Waals surface area contributed by atoms with Crippen molar-refractivity contribution in [2.24, 2.45) is 11.1 Å². The van der Waals surface area contributed by atoms with Gasteiger partial charge in [-0.3, -0.25) is 4.79 Å². The zero-order valence-electron chi connectivity index (χ0n) is 18.4. The lowest BCUT2D eigenvalue weighted by Gasteiger charge is -2.23. The molecule has 2 aliphatic carbocycles. The van der Waals surface area contributed by atoms with Gasteiger partial charge in [-0.1, -0.05) is 11.6 Å². The number of hydrogen-bond acceptors (Lipinski definition) is 4. The Labute approximate surface area is 169 Å². The van der Waals surface area contributed by atoms with Crippen LogP contribution < -0.4 is 16.1 Å². The first-order valence-corrected chi connectivity index (χ1v) is 9.10. The largest absolute Gasteiger partial charge is 0.477 e. The van der Waals surface area contributed by atoms with E-state index in [0.29, 0.717) is 0 Å². The molecule has 0 bridgehead atoms. The molecule has 2 aromatic rings. The number of benzene rings is 1. The SMILES string of the molecule is [2H]C1([2H])C([2H])([2H])C12CN(c1c(F)cc3c(=O)c(C(=O)O)cn(C4C[C@@H]4F)c3c1Cl)C[C@H]2N. The van der Waals surface area contributed by atoms with Gasteiger partial charge in [-0.15, -0.1) is 0 Å². The molecule has 28 heavy (non-hydrogen) atoms. The molecular formula is C19H18ClF2N3O3. The molecule has 3 aliphatic rings. The van der Waals surface area contributed by atoms with Crippen LogP contribution in [0.15, 0.2) is 17.1 Å². The average molecular weight is 414 g/mol. The topological polar surface area (TPSA) is 88.6 Å². The Bertz CT molecular complexity index is 1260. The van der Waals surface area contributed by atoms with Crippen molar-refractivity contribution in [1.82, 2.24) is 4.57 Å². The molecule has 6 nitrogen and oxygen atoms in total. The first-order chi connectivity index (χ1) is 14.8. The third-order valence-corrected chi connectivity index (χ3v) is 6.06. The number of hydrogen-bond donors (Lipinski definition) is 2. The van der Waals surface area contributed by atoms with Gasteiger partial charge in [0.2, 0.25) is 5.43 Å². The third-order valence-electron chi connectivity index (χ3n) is 5.71. The highest BCUT2D eigenvalue weighted by molar-refractivity contribution is 6.38. The van der Waals surface area contributed by atoms with Gasteiger partial charge in [0, 0.05) is 42.6 Å². The van der Waals surface area contributed by atoms with E-state index in [9.17, 15) is 19.1 Å². The Kier molecular flexibility index (Phi) is 2.81. The van der Waals surface area contributed by atoms with Gasteiger partial charge >= 0.3 is 5.97 Å². The zero-order valence-corrected chi connectivity index (χ0v) is 15.1. The molecule has 1 spiro atoms. The standard InChI is InChI=1S/C19H18ClF2N3O3/c20-14-15-8(17(26)9(18(27)28)5-25(15)12-4-10(12)21)3-11(22)16(14)24-6-13(23)19(7-24)1-2-19/h3,5,10,12-13H,1-2,4,6-7,23H2,(H,27,28)/t10-,12?,13+/m0/s1/i1D2,2D2. The summed E-state index contributed by atoms with van der Waals surface area (Å²) in [5, 5.41) is 8.77. The quantitative estimate of drug-likeness (QED) is 0.807. The molecule has 5 rings (SSSR count). The summed E-state index contributed by atoms with van der Waals surface area (Å²) in [6.07, 6.45) is -4.64. The van der Waals surface area contributed by atoms with Crippen molar-refractivity contribution in [2.45, 2.75) is 37.4 Å². The van der Waals surface area contributed by atoms with Crippen molar-refractivity contribution in [1.29, 1.82) is 0 Å². The summed E-state index contributed by atoms with van der Waals surface area (Å²) < 4.78 is 62.5. The van der Waals surface area contributed by atoms with Crippen molar-refractivity contribution in [3.8, 4) is 0 Å². The predicted octanol–water partition coefficient (Wildman–Crippen LogP) is 2.70. The van der Waals surface area contributed by atoms with E-state index < -0.39 is 59.2 Å². The molecule has 148 valence electrons. The van der Waals surface area contributed by atoms with Crippen molar-refractivity contribution in [2.75, 3.05) is 18.0 Å². The Morgan fingerprint density at radius 2 is 2.14 bits per heavy atom. The monoisotopic (exact) mass is 413 g/mol. The van der Waals surface area contributed by atoms with Gasteiger partial charge < -0.3 is 20.3 Å². The number of fused-ring (bicyclic) bond motifs is 1. The molecule has 1 unspecified atom stereocenters. The number of nitrogens with zero attached hydrogens (tertiary/aromatic N) is 2. The minimum Gasteiger partial charge on any atom is -0.477 e. The third kappa shape index (κ3) is 2.40. The summed E-state index contributed by atoms with van der Waals surface area (Å²) in [5.41, 5.74) is 2.70. The molecule has 9 heteroatoms. The summed E-state index contributed by atoms with van der Waals surface area (Å²) in [4.78, 5) is 25.5. The van der Waals surface area contributed by atoms with Gasteiger partial charge in [0.05, 0.1) is 27.7 Å². The molecule has 0 amide bonds. The summed E-state index contributed by atoms with van der Waals surface area (Å²) in [5.74, 6) is -2.50. The van der Waals surface area contributed by atoms with E-state index in [-0.39, 0.29) is 41.1 Å². The second-order valence-corrected chi connectivity index (χ2v) is 7.91. The van der Waals surface area contributed by atoms with Gasteiger partial charge in [-0.25, -0.2) is 13.6 Å². The number of alkyl halides is 1. The van der Waals surface area contributed by atoms with Crippen LogP contribution in [-0.4, -0.2) is 40.9 Å². The van der Waals surface area contributed by atoms with E-state index in [2.05, 4.69) is 0 Å². The maximum absolute atomic E-state index is 15.2. The predicted molar refractivity (Wildman–Crippen MR) is 101 cm³/mol. The Morgan fingerprint density at radius 1 is 1.46 bits per heavy atom. The van der Waals surface area contributed by atoms with E-state index >= 15 is 4.39 Å². The number of halogens is 3. The number of aromatic carboxylic acids is 1. The summed E-state index contributed by atoms with van der Waals surface area (Å²) in [6.45, 7) is -0.337. The van der Waals surface area contributed by atoms with E-state index in [1.54, 1.807) is 0 Å². The first-order valence-electron chi connectivity index (χ1n) is 10.7. The molecule has 3 fully saturated rings. The van der Waals surface area contributed by atoms with Crippen LogP contribution in [0.4, 0.5) is 14.5 Å². The zero-order chi connectivity index (χ0) is 23.5. The first kappa shape index (κ1) is 13.9. The lowest BCUT2D eigenvalue weighted by Crippen LogP contribution is -2.30. The number of rotatable bonds is 3. The fourth-order valence-electron chi connectivity index (χ4n) is 3.97. The molecule has 2 saturated carbocycles. The minimum absolute atomic E-state index is 0.0282. The fourth-order valence-corrected chi connectivity index (χ4v) is 4.38. The van der Waals surface area contributed by atoms with E-state index in [1.165, 1.54) is 9.47 Å². The molecule has 3 N–H and O–H groups in total. The Hall–Kier alpha value is -2.19. The molecule has 1 aliphatic heterocycles. The van der Waals surface area contributed by atoms with Crippen molar-refractivity contribution < 1.29 is 24.2 Å². The molecular weight excluding hydrogens is 392 g/mol. The number of carboxylic acids is 1. The molecule has 1 saturated heterocycles. The lowest BCUT2D eigenvalue weighted by molar-refractivity contribution is 0.0694. The number of carboxylic acid groups (broad SMARTS) is 1. The maximum atomic E-state index is 15.2. The molecule has 1 aromatic carbocycles. The van der Waals surface area contributed by atoms with Crippen LogP contribution in [0.3, 0.4) is 0 Å². The molecule has 1 aromatic heterocycles. The fraction of sp³-hybridized carbons (Fsp3) is 0.474. The highest BCUT2D eigenvalue weighted by Crippen LogP contribution is 2.54. The average Bonchev–Trinajstić information content (AvgIpc) is 3.40. The number of pyridine rings is 1. The number of carbonyl (C=O) groups is 1. The minimum atomic E-state index is -2.22. The Morgan fingerprint density at radius 3 is 2.68 bits per heavy atom. The van der Waals surface area contributed by atoms with Crippen LogP contribution in [-0.2, 0) is 0 Å². The number of anilines is 1. The van der Waals surface area contributed by atoms with Crippen LogP contribution in [0.1, 0.15) is 41.0 Å². The highest BCUT2D eigenvalue weighted by atomic mass is 35.5. The van der Waals surface area contributed by atoms with E-state index in [4.69, 9.17) is 22.8 Å². The lowest BCUT2D eigenvalue weighted by atomic mass is 10.0. The van der Waals surface area contributed by atoms with Crippen molar-refractivity contribution in [3.05, 3.63) is 38.9 Å². The molecule has 2 heterocycles. The van der Waals surface area contributed by atoms with E-state index in [1.807, 2.05) is 0 Å². The summed E-state index contributed by atoms with van der Waals surface area (Å²) in [7, 11) is 0. The van der Waals surface area contributed by atoms with Crippen LogP contribution >= 0.6 is 11.6 Å². The van der Waals surface area contributed by atoms with Crippen LogP contribution in [0.5, 0.6) is 0 Å². The molecule has 0 radical (unpaired) electrons. The van der Waals surface area contributed by atoms with Gasteiger partial charge in [0.25, 0.3) is 0 Å². The number of aromatic nitrogens is 1. The van der Waals surface area contributed by atoms with Gasteiger partial charge in [-0.2, -0.15) is 0 Å². The van der Waals surface area contributed by atoms with Crippen molar-refractivity contribution >= 4 is 34.2 Å². The summed E-state index contributed by atoms with van der Waals surface area (Å²) in [6, 6.07) is -0.871. The number of nitrogens with two attached hydrogens (primary N) is 1. The maximum Gasteiger partial charge on any atom is 0.341 e. The highest BCUT2D eigenvalue weighted by Gasteiger charge is 2.54. The summed E-state index contributed by atoms with van der Waals surface area (Å²) >= 11 is 6.52. The van der Waals surface area contributed by atoms with Crippen LogP contribution in [0.2, 0.25) is 5.02 Å². The smallest absolute Gasteiger partial charge is 0.341 e.